The summed E-state index contributed by atoms with van der Waals surface area (Å²) < 4.78 is 42.6. The lowest BCUT2D eigenvalue weighted by molar-refractivity contribution is 0.0987. The van der Waals surface area contributed by atoms with Gasteiger partial charge in [-0.1, -0.05) is 68.4 Å². The fourth-order valence-electron chi connectivity index (χ4n) is 3.89. The topological polar surface area (TPSA) is 82.9 Å². The molecule has 0 unspecified atom stereocenters. The number of aromatic nitrogens is 1. The molecular weight excluding hydrogens is 535 g/mol. The predicted octanol–water partition coefficient (Wildman–Crippen LogP) is 6.71. The molecule has 1 aromatic heterocycles. The van der Waals surface area contributed by atoms with Gasteiger partial charge in [0.25, 0.3) is 5.91 Å². The van der Waals surface area contributed by atoms with Gasteiger partial charge in [0.1, 0.15) is 5.82 Å². The summed E-state index contributed by atoms with van der Waals surface area (Å²) in [6, 6.07) is 19.4. The van der Waals surface area contributed by atoms with Gasteiger partial charge in [0.15, 0.2) is 0 Å². The van der Waals surface area contributed by atoms with Gasteiger partial charge in [0, 0.05) is 18.7 Å². The Morgan fingerprint density at radius 2 is 1.64 bits per heavy atom. The summed E-state index contributed by atoms with van der Waals surface area (Å²) in [7, 11) is -3.70. The van der Waals surface area contributed by atoms with E-state index in [-0.39, 0.29) is 15.6 Å². The minimum Gasteiger partial charge on any atom is -0.267 e. The number of benzene rings is 3. The summed E-state index contributed by atoms with van der Waals surface area (Å²) in [5, 5.41) is 5.85. The molecule has 0 aliphatic rings. The standard InChI is InChI=1S/C29H31FN4O3S2/c1-3-5-18-33(19-6-4-2)39(36,37)25-15-12-23(13-16-25)28(35)34(31-21-22-10-8-7-9-11-22)29-32-26-17-14-24(30)20-27(26)38-29/h7-17,20-21H,3-6,18-19H2,1-2H3/b31-21+. The van der Waals surface area contributed by atoms with Crippen LogP contribution in [0.2, 0.25) is 0 Å². The van der Waals surface area contributed by atoms with Gasteiger partial charge in [0.05, 0.1) is 21.3 Å². The Morgan fingerprint density at radius 3 is 2.28 bits per heavy atom. The molecular formula is C29H31FN4O3S2. The second kappa shape index (κ2) is 13.1. The second-order valence-electron chi connectivity index (χ2n) is 9.02. The Kier molecular flexibility index (Phi) is 9.55. The number of fused-ring (bicyclic) bond motifs is 1. The van der Waals surface area contributed by atoms with Crippen molar-refractivity contribution < 1.29 is 17.6 Å². The van der Waals surface area contributed by atoms with E-state index in [0.717, 1.165) is 47.6 Å². The molecule has 4 aromatic rings. The number of nitrogens with zero attached hydrogens (tertiary/aromatic N) is 4. The van der Waals surface area contributed by atoms with Crippen LogP contribution < -0.4 is 5.01 Å². The van der Waals surface area contributed by atoms with Crippen molar-refractivity contribution in [3.8, 4) is 0 Å². The number of rotatable bonds is 12. The van der Waals surface area contributed by atoms with Crippen LogP contribution in [-0.2, 0) is 10.0 Å². The van der Waals surface area contributed by atoms with Crippen molar-refractivity contribution in [2.45, 2.75) is 44.4 Å². The molecule has 0 bridgehead atoms. The highest BCUT2D eigenvalue weighted by Gasteiger charge is 2.25. The number of hydrogen-bond acceptors (Lipinski definition) is 6. The molecule has 7 nitrogen and oxygen atoms in total. The lowest BCUT2D eigenvalue weighted by Crippen LogP contribution is -2.33. The SMILES string of the molecule is CCCCN(CCCC)S(=O)(=O)c1ccc(C(=O)N(/N=C/c2ccccc2)c2nc3ccc(F)cc3s2)cc1. The highest BCUT2D eigenvalue weighted by molar-refractivity contribution is 7.89. The van der Waals surface area contributed by atoms with Gasteiger partial charge in [-0.15, -0.1) is 0 Å². The average Bonchev–Trinajstić information content (AvgIpc) is 3.36. The monoisotopic (exact) mass is 566 g/mol. The molecule has 0 saturated heterocycles. The van der Waals surface area contributed by atoms with Crippen molar-refractivity contribution in [3.05, 3.63) is 89.7 Å². The molecule has 0 aliphatic carbocycles. The predicted molar refractivity (Wildman–Crippen MR) is 155 cm³/mol. The third-order valence-electron chi connectivity index (χ3n) is 6.10. The van der Waals surface area contributed by atoms with E-state index in [9.17, 15) is 17.6 Å². The molecule has 1 heterocycles. The van der Waals surface area contributed by atoms with Crippen molar-refractivity contribution in [2.75, 3.05) is 18.1 Å². The van der Waals surface area contributed by atoms with Crippen molar-refractivity contribution >= 4 is 48.8 Å². The molecule has 204 valence electrons. The number of thiazole rings is 1. The van der Waals surface area contributed by atoms with Gasteiger partial charge < -0.3 is 0 Å². The Balaban J connectivity index is 1.66. The maximum atomic E-state index is 13.8. The fraction of sp³-hybridized carbons (Fsp3) is 0.276. The van der Waals surface area contributed by atoms with Crippen LogP contribution in [0.4, 0.5) is 9.52 Å². The zero-order chi connectivity index (χ0) is 27.8. The first-order valence-corrected chi connectivity index (χ1v) is 15.2. The number of anilines is 1. The van der Waals surface area contributed by atoms with E-state index in [4.69, 9.17) is 0 Å². The molecule has 4 rings (SSSR count). The molecule has 0 atom stereocenters. The first-order chi connectivity index (χ1) is 18.8. The molecule has 0 spiro atoms. The molecule has 0 aliphatic heterocycles. The number of sulfonamides is 1. The van der Waals surface area contributed by atoms with Gasteiger partial charge in [0.2, 0.25) is 15.2 Å². The third kappa shape index (κ3) is 6.95. The molecule has 0 radical (unpaired) electrons. The Morgan fingerprint density at radius 1 is 0.974 bits per heavy atom. The van der Waals surface area contributed by atoms with E-state index in [2.05, 4.69) is 10.1 Å². The molecule has 1 amide bonds. The van der Waals surface area contributed by atoms with Crippen LogP contribution in [0.1, 0.15) is 55.5 Å². The average molecular weight is 567 g/mol. The summed E-state index contributed by atoms with van der Waals surface area (Å²) >= 11 is 1.14. The van der Waals surface area contributed by atoms with Crippen molar-refractivity contribution in [2.24, 2.45) is 5.10 Å². The van der Waals surface area contributed by atoms with Gasteiger partial charge in [-0.3, -0.25) is 4.79 Å². The Labute approximate surface area is 232 Å². The number of carbonyl (C=O) groups excluding carboxylic acids is 1. The van der Waals surface area contributed by atoms with Crippen LogP contribution in [0.15, 0.2) is 82.8 Å². The first-order valence-electron chi connectivity index (χ1n) is 12.9. The lowest BCUT2D eigenvalue weighted by atomic mass is 10.2. The van der Waals surface area contributed by atoms with Gasteiger partial charge >= 0.3 is 0 Å². The van der Waals surface area contributed by atoms with Crippen LogP contribution in [0.5, 0.6) is 0 Å². The molecule has 10 heteroatoms. The van der Waals surface area contributed by atoms with Crippen LogP contribution in [-0.4, -0.2) is 42.9 Å². The number of carbonyl (C=O) groups is 1. The summed E-state index contributed by atoms with van der Waals surface area (Å²) in [4.78, 5) is 18.3. The fourth-order valence-corrected chi connectivity index (χ4v) is 6.36. The zero-order valence-corrected chi connectivity index (χ0v) is 23.6. The summed E-state index contributed by atoms with van der Waals surface area (Å²) in [5.74, 6) is -0.883. The van der Waals surface area contributed by atoms with E-state index >= 15 is 0 Å². The largest absolute Gasteiger partial charge is 0.280 e. The normalized spacial score (nSPS) is 12.0. The van der Waals surface area contributed by atoms with Crippen LogP contribution in [0.3, 0.4) is 0 Å². The first kappa shape index (κ1) is 28.5. The quantitative estimate of drug-likeness (QED) is 0.141. The minimum absolute atomic E-state index is 0.140. The van der Waals surface area contributed by atoms with Crippen LogP contribution in [0.25, 0.3) is 10.2 Å². The molecule has 0 N–H and O–H groups in total. The van der Waals surface area contributed by atoms with Gasteiger partial charge in [-0.05, 0) is 60.9 Å². The number of hydrogen-bond donors (Lipinski definition) is 0. The molecule has 0 fully saturated rings. The number of hydrazone groups is 1. The van der Waals surface area contributed by atoms with Crippen LogP contribution in [0, 0.1) is 5.82 Å². The zero-order valence-electron chi connectivity index (χ0n) is 22.0. The number of amides is 1. The van der Waals surface area contributed by atoms with E-state index < -0.39 is 21.7 Å². The van der Waals surface area contributed by atoms with Gasteiger partial charge in [-0.2, -0.15) is 14.4 Å². The Bertz CT molecular complexity index is 1530. The van der Waals surface area contributed by atoms with Gasteiger partial charge in [-0.25, -0.2) is 17.8 Å². The van der Waals surface area contributed by atoms with E-state index in [0.29, 0.717) is 23.3 Å². The number of halogens is 1. The second-order valence-corrected chi connectivity index (χ2v) is 12.0. The van der Waals surface area contributed by atoms with Crippen LogP contribution >= 0.6 is 11.3 Å². The van der Waals surface area contributed by atoms with Crippen molar-refractivity contribution in [3.63, 3.8) is 0 Å². The third-order valence-corrected chi connectivity index (χ3v) is 9.00. The smallest absolute Gasteiger partial charge is 0.267 e. The highest BCUT2D eigenvalue weighted by atomic mass is 32.2. The maximum absolute atomic E-state index is 13.8. The van der Waals surface area contributed by atoms with E-state index in [1.165, 1.54) is 40.7 Å². The minimum atomic E-state index is -3.70. The van der Waals surface area contributed by atoms with Crippen molar-refractivity contribution in [1.29, 1.82) is 0 Å². The lowest BCUT2D eigenvalue weighted by Gasteiger charge is -2.22. The molecule has 3 aromatic carbocycles. The summed E-state index contributed by atoms with van der Waals surface area (Å²) in [6.07, 6.45) is 4.88. The number of unbranched alkanes of at least 4 members (excludes halogenated alkanes) is 2. The van der Waals surface area contributed by atoms with E-state index in [1.807, 2.05) is 44.2 Å². The van der Waals surface area contributed by atoms with E-state index in [1.54, 1.807) is 12.3 Å². The molecule has 39 heavy (non-hydrogen) atoms. The summed E-state index contributed by atoms with van der Waals surface area (Å²) in [5.41, 5.74) is 1.58. The Hall–Kier alpha value is -3.47. The molecule has 0 saturated carbocycles. The highest BCUT2D eigenvalue weighted by Crippen LogP contribution is 2.31. The van der Waals surface area contributed by atoms with Crippen molar-refractivity contribution in [1.82, 2.24) is 9.29 Å². The summed E-state index contributed by atoms with van der Waals surface area (Å²) in [6.45, 7) is 4.97. The maximum Gasteiger partial charge on any atom is 0.280 e.